The summed E-state index contributed by atoms with van der Waals surface area (Å²) in [5, 5.41) is 0. The summed E-state index contributed by atoms with van der Waals surface area (Å²) in [6.45, 7) is 5.25. The molecule has 1 aromatic rings. The Kier molecular flexibility index (Phi) is 4.95. The summed E-state index contributed by atoms with van der Waals surface area (Å²) in [5.74, 6) is 1.05. The fraction of sp³-hybridized carbons (Fsp3) is 0.643. The Balaban J connectivity index is 2.16. The highest BCUT2D eigenvalue weighted by Crippen LogP contribution is 2.26. The van der Waals surface area contributed by atoms with Crippen LogP contribution in [0, 0.1) is 5.92 Å². The van der Waals surface area contributed by atoms with Crippen molar-refractivity contribution in [3.63, 3.8) is 0 Å². The van der Waals surface area contributed by atoms with Crippen molar-refractivity contribution in [2.75, 3.05) is 25.2 Å². The van der Waals surface area contributed by atoms with Gasteiger partial charge in [0.05, 0.1) is 25.1 Å². The number of aromatic nitrogens is 2. The maximum atomic E-state index is 11.6. The van der Waals surface area contributed by atoms with Gasteiger partial charge >= 0.3 is 0 Å². The average molecular weight is 294 g/mol. The number of methoxy groups -OCH3 is 1. The molecule has 7 heteroatoms. The second kappa shape index (κ2) is 6.71. The molecule has 0 saturated carbocycles. The summed E-state index contributed by atoms with van der Waals surface area (Å²) in [6, 6.07) is -0.426. The van der Waals surface area contributed by atoms with Gasteiger partial charge in [-0.2, -0.15) is 4.98 Å². The zero-order valence-electron chi connectivity index (χ0n) is 12.7. The van der Waals surface area contributed by atoms with Crippen LogP contribution in [0.1, 0.15) is 20.3 Å². The van der Waals surface area contributed by atoms with Crippen LogP contribution in [-0.2, 0) is 9.53 Å². The second-order valence-corrected chi connectivity index (χ2v) is 5.58. The van der Waals surface area contributed by atoms with Crippen molar-refractivity contribution >= 4 is 11.7 Å². The fourth-order valence-corrected chi connectivity index (χ4v) is 2.29. The van der Waals surface area contributed by atoms with E-state index in [9.17, 15) is 4.79 Å². The summed E-state index contributed by atoms with van der Waals surface area (Å²) in [4.78, 5) is 22.0. The van der Waals surface area contributed by atoms with E-state index in [0.29, 0.717) is 37.2 Å². The molecular formula is C14H22N4O3. The van der Waals surface area contributed by atoms with Crippen LogP contribution in [0.5, 0.6) is 5.88 Å². The molecule has 0 radical (unpaired) electrons. The van der Waals surface area contributed by atoms with Gasteiger partial charge < -0.3 is 20.1 Å². The second-order valence-electron chi connectivity index (χ2n) is 5.58. The first-order valence-electron chi connectivity index (χ1n) is 7.04. The summed E-state index contributed by atoms with van der Waals surface area (Å²) in [7, 11) is 1.63. The van der Waals surface area contributed by atoms with Gasteiger partial charge in [0, 0.05) is 20.1 Å². The van der Waals surface area contributed by atoms with Crippen molar-refractivity contribution in [2.45, 2.75) is 32.4 Å². The Labute approximate surface area is 124 Å². The maximum absolute atomic E-state index is 11.6. The number of nitrogens with two attached hydrogens (primary N) is 1. The normalized spacial score (nSPS) is 21.8. The quantitative estimate of drug-likeness (QED) is 0.826. The van der Waals surface area contributed by atoms with Gasteiger partial charge in [-0.25, -0.2) is 0 Å². The molecule has 2 N–H and O–H groups in total. The molecule has 7 nitrogen and oxygen atoms in total. The number of carbonyl (C=O) groups is 1. The minimum atomic E-state index is -0.426. The molecule has 2 atom stereocenters. The van der Waals surface area contributed by atoms with Crippen LogP contribution in [0.4, 0.5) is 5.82 Å². The highest BCUT2D eigenvalue weighted by molar-refractivity contribution is 5.84. The molecule has 0 aromatic carbocycles. The Morgan fingerprint density at radius 2 is 2.29 bits per heavy atom. The lowest BCUT2D eigenvalue weighted by atomic mass is 10.2. The lowest BCUT2D eigenvalue weighted by Gasteiger charge is -2.22. The van der Waals surface area contributed by atoms with E-state index in [0.717, 1.165) is 0 Å². The molecule has 116 valence electrons. The number of rotatable bonds is 6. The first-order valence-corrected chi connectivity index (χ1v) is 7.04. The van der Waals surface area contributed by atoms with Crippen molar-refractivity contribution in [1.29, 1.82) is 0 Å². The van der Waals surface area contributed by atoms with Crippen LogP contribution in [-0.4, -0.2) is 48.3 Å². The van der Waals surface area contributed by atoms with Crippen LogP contribution >= 0.6 is 0 Å². The molecule has 0 unspecified atom stereocenters. The first kappa shape index (κ1) is 15.5. The van der Waals surface area contributed by atoms with E-state index < -0.39 is 6.04 Å². The summed E-state index contributed by atoms with van der Waals surface area (Å²) in [6.07, 6.45) is 3.69. The number of hydrogen-bond acceptors (Lipinski definition) is 6. The van der Waals surface area contributed by atoms with E-state index in [1.54, 1.807) is 19.5 Å². The number of nitrogens with zero attached hydrogens (tertiary/aromatic N) is 3. The molecule has 0 aliphatic carbocycles. The predicted molar refractivity (Wildman–Crippen MR) is 78.1 cm³/mol. The topological polar surface area (TPSA) is 90.6 Å². The molecule has 1 aromatic heterocycles. The predicted octanol–water partition coefficient (Wildman–Crippen LogP) is 0.590. The van der Waals surface area contributed by atoms with Gasteiger partial charge in [-0.05, 0) is 5.92 Å². The summed E-state index contributed by atoms with van der Waals surface area (Å²) >= 11 is 0. The van der Waals surface area contributed by atoms with Crippen molar-refractivity contribution in [3.8, 4) is 5.88 Å². The highest BCUT2D eigenvalue weighted by Gasteiger charge is 2.36. The van der Waals surface area contributed by atoms with Crippen molar-refractivity contribution in [3.05, 3.63) is 12.4 Å². The lowest BCUT2D eigenvalue weighted by Crippen LogP contribution is -2.40. The van der Waals surface area contributed by atoms with E-state index in [1.807, 2.05) is 4.90 Å². The standard InChI is InChI=1S/C14H22N4O3/c1-9(2)8-21-13-6-16-5-12(17-13)18-7-10(20-3)4-11(18)14(15)19/h5-6,9-11H,4,7-8H2,1-3H3,(H2,15,19)/t10-,11-/m0/s1. The Morgan fingerprint density at radius 1 is 1.52 bits per heavy atom. The van der Waals surface area contributed by atoms with Crippen LogP contribution in [0.3, 0.4) is 0 Å². The lowest BCUT2D eigenvalue weighted by molar-refractivity contribution is -0.119. The zero-order valence-corrected chi connectivity index (χ0v) is 12.7. The molecule has 0 bridgehead atoms. The molecule has 1 saturated heterocycles. The van der Waals surface area contributed by atoms with Crippen LogP contribution in [0.2, 0.25) is 0 Å². The molecular weight excluding hydrogens is 272 g/mol. The van der Waals surface area contributed by atoms with Crippen LogP contribution in [0.15, 0.2) is 12.4 Å². The maximum Gasteiger partial charge on any atom is 0.240 e. The smallest absolute Gasteiger partial charge is 0.240 e. The van der Waals surface area contributed by atoms with Crippen molar-refractivity contribution < 1.29 is 14.3 Å². The minimum Gasteiger partial charge on any atom is -0.476 e. The Morgan fingerprint density at radius 3 is 2.90 bits per heavy atom. The number of anilines is 1. The van der Waals surface area contributed by atoms with Gasteiger partial charge in [-0.15, -0.1) is 0 Å². The third-order valence-electron chi connectivity index (χ3n) is 3.38. The molecule has 2 heterocycles. The first-order chi connectivity index (χ1) is 10.0. The fourth-order valence-electron chi connectivity index (χ4n) is 2.29. The van der Waals surface area contributed by atoms with Crippen LogP contribution in [0.25, 0.3) is 0 Å². The van der Waals surface area contributed by atoms with E-state index in [-0.39, 0.29) is 12.0 Å². The molecule has 1 aliphatic rings. The Bertz CT molecular complexity index is 495. The molecule has 0 spiro atoms. The van der Waals surface area contributed by atoms with Gasteiger partial charge in [0.2, 0.25) is 11.8 Å². The molecule has 1 amide bonds. The number of ether oxygens (including phenoxy) is 2. The van der Waals surface area contributed by atoms with Gasteiger partial charge in [-0.1, -0.05) is 13.8 Å². The number of hydrogen-bond donors (Lipinski definition) is 1. The van der Waals surface area contributed by atoms with E-state index in [4.69, 9.17) is 15.2 Å². The van der Waals surface area contributed by atoms with E-state index >= 15 is 0 Å². The van der Waals surface area contributed by atoms with Gasteiger partial charge in [0.1, 0.15) is 6.04 Å². The van der Waals surface area contributed by atoms with Gasteiger partial charge in [-0.3, -0.25) is 9.78 Å². The third-order valence-corrected chi connectivity index (χ3v) is 3.38. The van der Waals surface area contributed by atoms with Gasteiger partial charge in [0.25, 0.3) is 0 Å². The highest BCUT2D eigenvalue weighted by atomic mass is 16.5. The SMILES string of the molecule is CO[C@H]1C[C@@H](C(N)=O)N(c2cncc(OCC(C)C)n2)C1. The van der Waals surface area contributed by atoms with E-state index in [2.05, 4.69) is 23.8 Å². The molecule has 2 rings (SSSR count). The van der Waals surface area contributed by atoms with Crippen LogP contribution < -0.4 is 15.4 Å². The number of carbonyl (C=O) groups excluding carboxylic acids is 1. The monoisotopic (exact) mass is 294 g/mol. The minimum absolute atomic E-state index is 0.0375. The van der Waals surface area contributed by atoms with E-state index in [1.165, 1.54) is 0 Å². The average Bonchev–Trinajstić information content (AvgIpc) is 2.90. The summed E-state index contributed by atoms with van der Waals surface area (Å²) < 4.78 is 10.9. The largest absolute Gasteiger partial charge is 0.476 e. The van der Waals surface area contributed by atoms with Gasteiger partial charge in [0.15, 0.2) is 5.82 Å². The molecule has 1 fully saturated rings. The van der Waals surface area contributed by atoms with Crippen molar-refractivity contribution in [1.82, 2.24) is 9.97 Å². The zero-order chi connectivity index (χ0) is 15.4. The molecule has 1 aliphatic heterocycles. The summed E-state index contributed by atoms with van der Waals surface area (Å²) in [5.41, 5.74) is 5.46. The number of amides is 1. The van der Waals surface area contributed by atoms with Crippen molar-refractivity contribution in [2.24, 2.45) is 11.7 Å². The molecule has 21 heavy (non-hydrogen) atoms. The Hall–Kier alpha value is -1.89. The third kappa shape index (κ3) is 3.81. The number of primary amides is 1.